The van der Waals surface area contributed by atoms with E-state index in [1.807, 2.05) is 32.0 Å². The summed E-state index contributed by atoms with van der Waals surface area (Å²) in [6.07, 6.45) is -0.267. The summed E-state index contributed by atoms with van der Waals surface area (Å²) in [5.41, 5.74) is 1.14. The van der Waals surface area contributed by atoms with Gasteiger partial charge in [-0.05, 0) is 50.2 Å². The molecular formula is C22H28N4O5S. The third-order valence-corrected chi connectivity index (χ3v) is 6.68. The molecule has 1 saturated heterocycles. The maximum atomic E-state index is 12.9. The minimum absolute atomic E-state index is 0.0752. The summed E-state index contributed by atoms with van der Waals surface area (Å²) >= 11 is 0. The third-order valence-electron chi connectivity index (χ3n) is 4.83. The van der Waals surface area contributed by atoms with Gasteiger partial charge in [0.05, 0.1) is 17.1 Å². The number of sulfonamides is 1. The summed E-state index contributed by atoms with van der Waals surface area (Å²) in [5.74, 6) is -0.295. The molecule has 0 spiro atoms. The van der Waals surface area contributed by atoms with Gasteiger partial charge in [0.2, 0.25) is 15.9 Å². The number of hydrogen-bond donors (Lipinski definition) is 3. The summed E-state index contributed by atoms with van der Waals surface area (Å²) < 4.78 is 32.8. The molecule has 9 nitrogen and oxygen atoms in total. The number of ether oxygens (including phenoxy) is 1. The predicted molar refractivity (Wildman–Crippen MR) is 122 cm³/mol. The van der Waals surface area contributed by atoms with Crippen LogP contribution in [-0.2, 0) is 19.6 Å². The molecule has 32 heavy (non-hydrogen) atoms. The van der Waals surface area contributed by atoms with Crippen LogP contribution in [-0.4, -0.2) is 56.5 Å². The number of hydrogen-bond acceptors (Lipinski definition) is 5. The Hall–Kier alpha value is -2.95. The number of urea groups is 1. The highest BCUT2D eigenvalue weighted by Crippen LogP contribution is 2.22. The number of carbonyl (C=O) groups is 2. The number of carbonyl (C=O) groups excluding carboxylic acids is 2. The zero-order valence-electron chi connectivity index (χ0n) is 18.1. The van der Waals surface area contributed by atoms with Crippen molar-refractivity contribution in [3.8, 4) is 0 Å². The zero-order valence-corrected chi connectivity index (χ0v) is 18.9. The van der Waals surface area contributed by atoms with Gasteiger partial charge < -0.3 is 20.7 Å². The Balaban J connectivity index is 1.47. The Kier molecular flexibility index (Phi) is 7.84. The summed E-state index contributed by atoms with van der Waals surface area (Å²) in [4.78, 5) is 24.1. The Bertz CT molecular complexity index is 1020. The molecule has 3 rings (SSSR count). The van der Waals surface area contributed by atoms with E-state index in [0.29, 0.717) is 24.5 Å². The topological polar surface area (TPSA) is 117 Å². The molecule has 2 aromatic rings. The third kappa shape index (κ3) is 6.52. The molecule has 0 unspecified atom stereocenters. The number of nitrogens with one attached hydrogen (secondary N) is 3. The van der Waals surface area contributed by atoms with Crippen LogP contribution in [0.5, 0.6) is 0 Å². The molecule has 1 aliphatic rings. The van der Waals surface area contributed by atoms with Crippen LogP contribution >= 0.6 is 0 Å². The van der Waals surface area contributed by atoms with Gasteiger partial charge in [-0.15, -0.1) is 0 Å². The number of para-hydroxylation sites is 1. The molecular weight excluding hydrogens is 432 g/mol. The van der Waals surface area contributed by atoms with Gasteiger partial charge in [0.25, 0.3) is 0 Å². The highest BCUT2D eigenvalue weighted by Gasteiger charge is 2.32. The SMILES string of the molecule is C[C@@H]1CN(S(=O)(=O)c2ccc(NC(=O)CCNC(=O)Nc3ccccc3)cc2)C[C@@H](C)O1. The molecule has 2 atom stereocenters. The van der Waals surface area contributed by atoms with Crippen molar-refractivity contribution in [2.24, 2.45) is 0 Å². The second kappa shape index (κ2) is 10.6. The Labute approximate surface area is 188 Å². The lowest BCUT2D eigenvalue weighted by Gasteiger charge is -2.34. The van der Waals surface area contributed by atoms with Crippen LogP contribution in [0.3, 0.4) is 0 Å². The predicted octanol–water partition coefficient (Wildman–Crippen LogP) is 2.63. The molecule has 0 aromatic heterocycles. The standard InChI is InChI=1S/C22H28N4O5S/c1-16-14-26(15-17(2)31-16)32(29,30)20-10-8-19(9-11-20)24-21(27)12-13-23-22(28)25-18-6-4-3-5-7-18/h3-11,16-17H,12-15H2,1-2H3,(H,24,27)(H2,23,25,28)/t16-,17-/m1/s1. The van der Waals surface area contributed by atoms with Crippen molar-refractivity contribution in [1.82, 2.24) is 9.62 Å². The number of morpholine rings is 1. The summed E-state index contributed by atoms with van der Waals surface area (Å²) in [7, 11) is -3.64. The number of rotatable bonds is 7. The second-order valence-corrected chi connectivity index (χ2v) is 9.59. The molecule has 0 radical (unpaired) electrons. The van der Waals surface area contributed by atoms with Crippen LogP contribution in [0.15, 0.2) is 59.5 Å². The quantitative estimate of drug-likeness (QED) is 0.587. The maximum absolute atomic E-state index is 12.9. The molecule has 0 saturated carbocycles. The van der Waals surface area contributed by atoms with E-state index < -0.39 is 16.1 Å². The lowest BCUT2D eigenvalue weighted by atomic mass is 10.3. The van der Waals surface area contributed by atoms with Gasteiger partial charge in [0, 0.05) is 37.4 Å². The fraction of sp³-hybridized carbons (Fsp3) is 0.364. The van der Waals surface area contributed by atoms with E-state index in [4.69, 9.17) is 4.74 Å². The first-order valence-electron chi connectivity index (χ1n) is 10.4. The number of anilines is 2. The fourth-order valence-corrected chi connectivity index (χ4v) is 4.99. The minimum atomic E-state index is -3.64. The van der Waals surface area contributed by atoms with Gasteiger partial charge in [-0.2, -0.15) is 4.31 Å². The van der Waals surface area contributed by atoms with E-state index in [9.17, 15) is 18.0 Å². The Morgan fingerprint density at radius 3 is 2.16 bits per heavy atom. The van der Waals surface area contributed by atoms with Crippen molar-refractivity contribution in [3.05, 3.63) is 54.6 Å². The highest BCUT2D eigenvalue weighted by molar-refractivity contribution is 7.89. The summed E-state index contributed by atoms with van der Waals surface area (Å²) in [5, 5.41) is 7.98. The highest BCUT2D eigenvalue weighted by atomic mass is 32.2. The molecule has 1 aliphatic heterocycles. The molecule has 0 bridgehead atoms. The average Bonchev–Trinajstić information content (AvgIpc) is 2.74. The molecule has 10 heteroatoms. The van der Waals surface area contributed by atoms with Crippen molar-refractivity contribution in [2.45, 2.75) is 37.4 Å². The Morgan fingerprint density at radius 2 is 1.53 bits per heavy atom. The molecule has 0 aliphatic carbocycles. The molecule has 172 valence electrons. The van der Waals surface area contributed by atoms with E-state index in [1.165, 1.54) is 16.4 Å². The van der Waals surface area contributed by atoms with Crippen molar-refractivity contribution in [1.29, 1.82) is 0 Å². The van der Waals surface area contributed by atoms with Crippen LogP contribution in [0.2, 0.25) is 0 Å². The minimum Gasteiger partial charge on any atom is -0.373 e. The normalized spacial score (nSPS) is 19.2. The van der Waals surface area contributed by atoms with Gasteiger partial charge in [-0.1, -0.05) is 18.2 Å². The first-order chi connectivity index (χ1) is 15.2. The molecule has 1 heterocycles. The first kappa shape index (κ1) is 23.7. The van der Waals surface area contributed by atoms with E-state index in [-0.39, 0.29) is 36.0 Å². The van der Waals surface area contributed by atoms with Gasteiger partial charge in [0.15, 0.2) is 0 Å². The Morgan fingerprint density at radius 1 is 0.938 bits per heavy atom. The van der Waals surface area contributed by atoms with E-state index >= 15 is 0 Å². The van der Waals surface area contributed by atoms with E-state index in [2.05, 4.69) is 16.0 Å². The smallest absolute Gasteiger partial charge is 0.319 e. The lowest BCUT2D eigenvalue weighted by molar-refractivity contribution is -0.116. The monoisotopic (exact) mass is 460 g/mol. The second-order valence-electron chi connectivity index (χ2n) is 7.65. The molecule has 3 amide bonds. The van der Waals surface area contributed by atoms with Crippen LogP contribution < -0.4 is 16.0 Å². The van der Waals surface area contributed by atoms with E-state index in [0.717, 1.165) is 0 Å². The molecule has 3 N–H and O–H groups in total. The van der Waals surface area contributed by atoms with Crippen LogP contribution in [0.1, 0.15) is 20.3 Å². The van der Waals surface area contributed by atoms with Gasteiger partial charge >= 0.3 is 6.03 Å². The van der Waals surface area contributed by atoms with E-state index in [1.54, 1.807) is 24.3 Å². The summed E-state index contributed by atoms with van der Waals surface area (Å²) in [6.45, 7) is 4.45. The molecule has 2 aromatic carbocycles. The maximum Gasteiger partial charge on any atom is 0.319 e. The molecule has 1 fully saturated rings. The van der Waals surface area contributed by atoms with Crippen LogP contribution in [0.4, 0.5) is 16.2 Å². The first-order valence-corrected chi connectivity index (χ1v) is 11.8. The van der Waals surface area contributed by atoms with Gasteiger partial charge in [-0.3, -0.25) is 4.79 Å². The van der Waals surface area contributed by atoms with Crippen molar-refractivity contribution in [3.63, 3.8) is 0 Å². The van der Waals surface area contributed by atoms with Crippen molar-refractivity contribution >= 4 is 33.3 Å². The zero-order chi connectivity index (χ0) is 23.1. The van der Waals surface area contributed by atoms with Crippen molar-refractivity contribution < 1.29 is 22.7 Å². The number of amides is 3. The van der Waals surface area contributed by atoms with Crippen molar-refractivity contribution in [2.75, 3.05) is 30.3 Å². The fourth-order valence-electron chi connectivity index (χ4n) is 3.40. The largest absolute Gasteiger partial charge is 0.373 e. The summed E-state index contributed by atoms with van der Waals surface area (Å²) in [6, 6.07) is 14.6. The van der Waals surface area contributed by atoms with Crippen LogP contribution in [0, 0.1) is 0 Å². The van der Waals surface area contributed by atoms with Gasteiger partial charge in [0.1, 0.15) is 0 Å². The van der Waals surface area contributed by atoms with Crippen LogP contribution in [0.25, 0.3) is 0 Å². The van der Waals surface area contributed by atoms with Gasteiger partial charge in [-0.25, -0.2) is 13.2 Å². The number of benzene rings is 2. The lowest BCUT2D eigenvalue weighted by Crippen LogP contribution is -2.48. The number of nitrogens with zero attached hydrogens (tertiary/aromatic N) is 1. The average molecular weight is 461 g/mol.